The third-order valence-electron chi connectivity index (χ3n) is 6.79. The highest BCUT2D eigenvalue weighted by Gasteiger charge is 2.32. The van der Waals surface area contributed by atoms with Crippen molar-refractivity contribution in [1.29, 1.82) is 0 Å². The lowest BCUT2D eigenvalue weighted by Crippen LogP contribution is -2.33. The number of hydrogen-bond donors (Lipinski definition) is 1. The van der Waals surface area contributed by atoms with Gasteiger partial charge in [-0.1, -0.05) is 6.92 Å². The number of ketones is 1. The van der Waals surface area contributed by atoms with Gasteiger partial charge in [0.05, 0.1) is 18.2 Å². The molecule has 33 heavy (non-hydrogen) atoms. The number of fused-ring (bicyclic) bond motifs is 2. The maximum atomic E-state index is 13.2. The number of piperidine rings is 1. The van der Waals surface area contributed by atoms with E-state index in [-0.39, 0.29) is 17.3 Å². The molecule has 0 saturated carbocycles. The van der Waals surface area contributed by atoms with Crippen LogP contribution < -0.4 is 9.47 Å². The number of aromatic hydroxyl groups is 1. The van der Waals surface area contributed by atoms with Crippen molar-refractivity contribution >= 4 is 22.8 Å². The van der Waals surface area contributed by atoms with E-state index in [4.69, 9.17) is 9.47 Å². The average molecular weight is 447 g/mol. The van der Waals surface area contributed by atoms with Gasteiger partial charge in [-0.3, -0.25) is 9.69 Å². The zero-order chi connectivity index (χ0) is 23.1. The molecule has 6 heteroatoms. The van der Waals surface area contributed by atoms with Gasteiger partial charge >= 0.3 is 0 Å². The minimum Gasteiger partial charge on any atom is -0.507 e. The molecule has 2 aliphatic rings. The summed E-state index contributed by atoms with van der Waals surface area (Å²) in [6, 6.07) is 9.22. The first-order chi connectivity index (χ1) is 16.0. The van der Waals surface area contributed by atoms with Crippen LogP contribution in [-0.2, 0) is 13.1 Å². The number of likely N-dealkylation sites (tertiary alicyclic amines) is 1. The van der Waals surface area contributed by atoms with Crippen LogP contribution >= 0.6 is 0 Å². The average Bonchev–Trinajstić information content (AvgIpc) is 3.33. The summed E-state index contributed by atoms with van der Waals surface area (Å²) in [6.45, 7) is 7.70. The zero-order valence-corrected chi connectivity index (χ0v) is 19.4. The first kappa shape index (κ1) is 21.6. The van der Waals surface area contributed by atoms with Crippen LogP contribution in [0.15, 0.2) is 42.3 Å². The molecular formula is C27H30N2O4. The van der Waals surface area contributed by atoms with Crippen LogP contribution in [0.1, 0.15) is 48.2 Å². The van der Waals surface area contributed by atoms with Crippen LogP contribution in [0.25, 0.3) is 17.0 Å². The van der Waals surface area contributed by atoms with Crippen LogP contribution in [0, 0.1) is 5.92 Å². The molecular weight excluding hydrogens is 416 g/mol. The summed E-state index contributed by atoms with van der Waals surface area (Å²) >= 11 is 0. The number of ether oxygens (including phenoxy) is 2. The van der Waals surface area contributed by atoms with Crippen molar-refractivity contribution in [3.8, 4) is 17.2 Å². The Bertz CT molecular complexity index is 1260. The molecule has 2 aliphatic heterocycles. The number of allylic oxidation sites excluding steroid dienone is 1. The minimum absolute atomic E-state index is 0.154. The number of aryl methyl sites for hydroxylation is 1. The molecule has 1 saturated heterocycles. The second-order valence-corrected chi connectivity index (χ2v) is 9.12. The number of rotatable bonds is 5. The fourth-order valence-corrected chi connectivity index (χ4v) is 5.05. The fraction of sp³-hybridized carbons (Fsp3) is 0.370. The topological polar surface area (TPSA) is 63.9 Å². The highest BCUT2D eigenvalue weighted by atomic mass is 16.5. The molecule has 3 aromatic rings. The summed E-state index contributed by atoms with van der Waals surface area (Å²) in [5.74, 6) is 2.18. The lowest BCUT2D eigenvalue weighted by Gasteiger charge is -2.31. The van der Waals surface area contributed by atoms with E-state index in [0.29, 0.717) is 29.3 Å². The number of phenolic OH excluding ortho intramolecular Hbond substituents is 1. The first-order valence-electron chi connectivity index (χ1n) is 11.7. The summed E-state index contributed by atoms with van der Waals surface area (Å²) in [4.78, 5) is 15.6. The van der Waals surface area contributed by atoms with E-state index in [1.807, 2.05) is 24.4 Å². The van der Waals surface area contributed by atoms with Gasteiger partial charge in [0.15, 0.2) is 5.76 Å². The van der Waals surface area contributed by atoms with Gasteiger partial charge in [0.2, 0.25) is 5.78 Å². The second-order valence-electron chi connectivity index (χ2n) is 9.12. The number of carbonyl (C=O) groups excluding carboxylic acids is 1. The van der Waals surface area contributed by atoms with Crippen molar-refractivity contribution in [2.45, 2.75) is 39.8 Å². The molecule has 1 fully saturated rings. The lowest BCUT2D eigenvalue weighted by molar-refractivity contribution is 0.101. The van der Waals surface area contributed by atoms with E-state index >= 15 is 0 Å². The van der Waals surface area contributed by atoms with E-state index in [1.165, 1.54) is 6.42 Å². The molecule has 1 aromatic heterocycles. The quantitative estimate of drug-likeness (QED) is 0.544. The molecule has 5 rings (SSSR count). The van der Waals surface area contributed by atoms with E-state index in [2.05, 4.69) is 23.3 Å². The number of nitrogens with zero attached hydrogens (tertiary/aromatic N) is 2. The molecule has 1 N–H and O–H groups in total. The van der Waals surface area contributed by atoms with E-state index in [1.54, 1.807) is 25.3 Å². The van der Waals surface area contributed by atoms with Crippen LogP contribution in [0.5, 0.6) is 17.2 Å². The molecule has 172 valence electrons. The number of hydrogen-bond acceptors (Lipinski definition) is 5. The van der Waals surface area contributed by atoms with Crippen molar-refractivity contribution < 1.29 is 19.4 Å². The lowest BCUT2D eigenvalue weighted by atomic mass is 9.99. The third-order valence-corrected chi connectivity index (χ3v) is 6.79. The molecule has 0 spiro atoms. The van der Waals surface area contributed by atoms with Crippen molar-refractivity contribution in [2.24, 2.45) is 5.92 Å². The first-order valence-corrected chi connectivity index (χ1v) is 11.7. The predicted octanol–water partition coefficient (Wildman–Crippen LogP) is 5.22. The van der Waals surface area contributed by atoms with Crippen LogP contribution in [0.2, 0.25) is 0 Å². The number of aromatic nitrogens is 1. The molecule has 2 aromatic carbocycles. The van der Waals surface area contributed by atoms with Gasteiger partial charge in [0.1, 0.15) is 17.2 Å². The highest BCUT2D eigenvalue weighted by molar-refractivity contribution is 6.15. The van der Waals surface area contributed by atoms with Crippen LogP contribution in [-0.4, -0.2) is 40.6 Å². The Hall–Kier alpha value is -3.25. The van der Waals surface area contributed by atoms with E-state index < -0.39 is 0 Å². The number of phenols is 1. The number of carbonyl (C=O) groups is 1. The normalized spacial score (nSPS) is 19.8. The Morgan fingerprint density at radius 2 is 2.12 bits per heavy atom. The molecule has 0 aliphatic carbocycles. The Balaban J connectivity index is 1.52. The smallest absolute Gasteiger partial charge is 0.231 e. The maximum Gasteiger partial charge on any atom is 0.231 e. The molecule has 0 amide bonds. The predicted molar refractivity (Wildman–Crippen MR) is 129 cm³/mol. The van der Waals surface area contributed by atoms with Crippen molar-refractivity contribution in [1.82, 2.24) is 9.47 Å². The zero-order valence-electron chi connectivity index (χ0n) is 19.4. The fourth-order valence-electron chi connectivity index (χ4n) is 5.05. The minimum atomic E-state index is -0.154. The summed E-state index contributed by atoms with van der Waals surface area (Å²) in [5, 5.41) is 11.6. The second kappa shape index (κ2) is 8.60. The Morgan fingerprint density at radius 1 is 1.27 bits per heavy atom. The molecule has 6 nitrogen and oxygen atoms in total. The molecule has 3 heterocycles. The van der Waals surface area contributed by atoms with Gasteiger partial charge in [0.25, 0.3) is 0 Å². The van der Waals surface area contributed by atoms with Crippen LogP contribution in [0.3, 0.4) is 0 Å². The third kappa shape index (κ3) is 3.89. The monoisotopic (exact) mass is 446 g/mol. The molecule has 1 atom stereocenters. The Kier molecular flexibility index (Phi) is 5.62. The maximum absolute atomic E-state index is 13.2. The number of methoxy groups -OCH3 is 1. The van der Waals surface area contributed by atoms with Gasteiger partial charge in [-0.05, 0) is 68.6 Å². The van der Waals surface area contributed by atoms with Gasteiger partial charge in [-0.2, -0.15) is 0 Å². The van der Waals surface area contributed by atoms with Gasteiger partial charge < -0.3 is 19.1 Å². The summed E-state index contributed by atoms with van der Waals surface area (Å²) in [6.07, 6.45) is 6.21. The van der Waals surface area contributed by atoms with E-state index in [0.717, 1.165) is 48.3 Å². The van der Waals surface area contributed by atoms with Crippen molar-refractivity contribution in [3.63, 3.8) is 0 Å². The van der Waals surface area contributed by atoms with Gasteiger partial charge in [-0.25, -0.2) is 0 Å². The molecule has 0 radical (unpaired) electrons. The molecule has 0 unspecified atom stereocenters. The highest BCUT2D eigenvalue weighted by Crippen LogP contribution is 2.41. The van der Waals surface area contributed by atoms with Crippen LogP contribution in [0.4, 0.5) is 0 Å². The largest absolute Gasteiger partial charge is 0.507 e. The van der Waals surface area contributed by atoms with Gasteiger partial charge in [0, 0.05) is 42.3 Å². The standard InChI is InChI=1S/C27H30N2O4/c1-4-29-15-18(21-13-19(32-3)7-9-23(21)29)12-25-26(31)20-8-10-24(30)22(27(20)33-25)16-28-11-5-6-17(2)14-28/h7-10,12-13,15,17,30H,4-6,11,14,16H2,1-3H3/t17-/m1/s1. The van der Waals surface area contributed by atoms with Gasteiger partial charge in [-0.15, -0.1) is 0 Å². The summed E-state index contributed by atoms with van der Waals surface area (Å²) in [5.41, 5.74) is 3.18. The van der Waals surface area contributed by atoms with Crippen molar-refractivity contribution in [3.05, 3.63) is 59.0 Å². The summed E-state index contributed by atoms with van der Waals surface area (Å²) < 4.78 is 13.7. The van der Waals surface area contributed by atoms with E-state index in [9.17, 15) is 9.90 Å². The van der Waals surface area contributed by atoms with Crippen molar-refractivity contribution in [2.75, 3.05) is 20.2 Å². The SMILES string of the molecule is CCn1cc(C=C2Oc3c(ccc(O)c3CN3CCC[C@@H](C)C3)C2=O)c2cc(OC)ccc21. The number of benzene rings is 2. The summed E-state index contributed by atoms with van der Waals surface area (Å²) in [7, 11) is 1.65. The Morgan fingerprint density at radius 3 is 2.88 bits per heavy atom. The molecule has 0 bridgehead atoms. The number of Topliss-reactive ketones (excluding diaryl/α,β-unsaturated/α-hetero) is 1. The Labute approximate surface area is 194 Å².